The lowest BCUT2D eigenvalue weighted by Gasteiger charge is -2.19. The van der Waals surface area contributed by atoms with Crippen molar-refractivity contribution in [3.05, 3.63) is 137 Å². The summed E-state index contributed by atoms with van der Waals surface area (Å²) in [5.41, 5.74) is 4.37. The lowest BCUT2D eigenvalue weighted by atomic mass is 9.85. The van der Waals surface area contributed by atoms with Gasteiger partial charge in [0.25, 0.3) is 0 Å². The van der Waals surface area contributed by atoms with Crippen LogP contribution >= 0.6 is 0 Å². The van der Waals surface area contributed by atoms with Gasteiger partial charge in [-0.05, 0) is 46.5 Å². The van der Waals surface area contributed by atoms with Gasteiger partial charge in [-0.1, -0.05) is 84.9 Å². The minimum atomic E-state index is -0.328. The van der Waals surface area contributed by atoms with E-state index in [2.05, 4.69) is 36.4 Å². The van der Waals surface area contributed by atoms with Crippen LogP contribution in [0.3, 0.4) is 0 Å². The summed E-state index contributed by atoms with van der Waals surface area (Å²) in [5, 5.41) is 0. The SMILES string of the molecule is CC(=O)Oc1ccc([C](c2ccccc2)c2ccc(OCc3ccccc3)cc2)cc1. The van der Waals surface area contributed by atoms with E-state index in [4.69, 9.17) is 9.47 Å². The smallest absolute Gasteiger partial charge is 0.308 e. The lowest BCUT2D eigenvalue weighted by Crippen LogP contribution is -2.06. The second-order valence-electron chi connectivity index (χ2n) is 7.16. The summed E-state index contributed by atoms with van der Waals surface area (Å²) in [6, 6.07) is 36.1. The fraction of sp³-hybridized carbons (Fsp3) is 0.0714. The van der Waals surface area contributed by atoms with Crippen LogP contribution in [0.4, 0.5) is 0 Å². The van der Waals surface area contributed by atoms with Gasteiger partial charge >= 0.3 is 5.97 Å². The maximum Gasteiger partial charge on any atom is 0.308 e. The zero-order chi connectivity index (χ0) is 21.5. The molecule has 3 nitrogen and oxygen atoms in total. The molecule has 0 amide bonds. The Morgan fingerprint density at radius 1 is 0.613 bits per heavy atom. The number of carbonyl (C=O) groups excluding carboxylic acids is 1. The van der Waals surface area contributed by atoms with E-state index in [0.717, 1.165) is 33.9 Å². The minimum Gasteiger partial charge on any atom is -0.489 e. The molecule has 31 heavy (non-hydrogen) atoms. The van der Waals surface area contributed by atoms with Gasteiger partial charge in [0.1, 0.15) is 18.1 Å². The Morgan fingerprint density at radius 3 is 1.65 bits per heavy atom. The largest absolute Gasteiger partial charge is 0.489 e. The topological polar surface area (TPSA) is 35.5 Å². The first-order chi connectivity index (χ1) is 15.2. The van der Waals surface area contributed by atoms with E-state index in [1.165, 1.54) is 6.92 Å². The molecule has 0 saturated carbocycles. The fourth-order valence-corrected chi connectivity index (χ4v) is 3.42. The van der Waals surface area contributed by atoms with E-state index >= 15 is 0 Å². The number of carbonyl (C=O) groups is 1. The summed E-state index contributed by atoms with van der Waals surface area (Å²) in [5.74, 6) is 2.13. The average molecular weight is 407 g/mol. The molecule has 0 saturated heterocycles. The van der Waals surface area contributed by atoms with Gasteiger partial charge in [-0.25, -0.2) is 0 Å². The number of esters is 1. The molecule has 3 heteroatoms. The third kappa shape index (κ3) is 5.40. The van der Waals surface area contributed by atoms with Crippen molar-refractivity contribution in [2.75, 3.05) is 0 Å². The summed E-state index contributed by atoms with van der Waals surface area (Å²) in [4.78, 5) is 11.2. The first-order valence-corrected chi connectivity index (χ1v) is 10.2. The highest BCUT2D eigenvalue weighted by Crippen LogP contribution is 2.32. The number of rotatable bonds is 7. The molecule has 4 rings (SSSR count). The number of ether oxygens (including phenoxy) is 2. The normalized spacial score (nSPS) is 10.6. The van der Waals surface area contributed by atoms with E-state index in [1.807, 2.05) is 72.8 Å². The van der Waals surface area contributed by atoms with E-state index in [9.17, 15) is 4.79 Å². The molecule has 0 aliphatic rings. The monoisotopic (exact) mass is 407 g/mol. The van der Waals surface area contributed by atoms with E-state index in [-0.39, 0.29) is 5.97 Å². The molecule has 4 aromatic rings. The minimum absolute atomic E-state index is 0.328. The Hall–Kier alpha value is -3.85. The standard InChI is InChI=1S/C28H23O3/c1-21(29)31-27-18-14-25(15-19-27)28(23-10-6-3-7-11-23)24-12-16-26(17-13-24)30-20-22-8-4-2-5-9-22/h2-19H,20H2,1H3. The molecule has 0 heterocycles. The third-order valence-corrected chi connectivity index (χ3v) is 4.86. The van der Waals surface area contributed by atoms with Crippen LogP contribution in [0.5, 0.6) is 11.5 Å². The van der Waals surface area contributed by atoms with Gasteiger partial charge in [0.2, 0.25) is 0 Å². The first kappa shape index (κ1) is 20.4. The van der Waals surface area contributed by atoms with Crippen LogP contribution in [-0.4, -0.2) is 5.97 Å². The van der Waals surface area contributed by atoms with Crippen LogP contribution in [-0.2, 0) is 11.4 Å². The maximum atomic E-state index is 11.2. The summed E-state index contributed by atoms with van der Waals surface area (Å²) >= 11 is 0. The van der Waals surface area contributed by atoms with Crippen LogP contribution < -0.4 is 9.47 Å². The van der Waals surface area contributed by atoms with Crippen molar-refractivity contribution in [3.8, 4) is 11.5 Å². The van der Waals surface area contributed by atoms with Crippen molar-refractivity contribution < 1.29 is 14.3 Å². The summed E-state index contributed by atoms with van der Waals surface area (Å²) < 4.78 is 11.1. The molecule has 0 unspecified atom stereocenters. The van der Waals surface area contributed by atoms with Crippen LogP contribution in [0.2, 0.25) is 0 Å². The number of hydrogen-bond acceptors (Lipinski definition) is 3. The van der Waals surface area contributed by atoms with Gasteiger partial charge < -0.3 is 9.47 Å². The Kier molecular flexibility index (Phi) is 6.44. The molecular formula is C28H23O3. The number of benzene rings is 4. The molecular weight excluding hydrogens is 384 g/mol. The Labute approximate surface area is 182 Å². The molecule has 0 atom stereocenters. The zero-order valence-corrected chi connectivity index (χ0v) is 17.3. The predicted molar refractivity (Wildman–Crippen MR) is 122 cm³/mol. The van der Waals surface area contributed by atoms with Crippen LogP contribution in [0.25, 0.3) is 0 Å². The summed E-state index contributed by atoms with van der Waals surface area (Å²) in [7, 11) is 0. The van der Waals surface area contributed by atoms with Crippen molar-refractivity contribution in [1.29, 1.82) is 0 Å². The quantitative estimate of drug-likeness (QED) is 0.208. The van der Waals surface area contributed by atoms with E-state index < -0.39 is 0 Å². The highest BCUT2D eigenvalue weighted by atomic mass is 16.5. The van der Waals surface area contributed by atoms with E-state index in [1.54, 1.807) is 0 Å². The van der Waals surface area contributed by atoms with E-state index in [0.29, 0.717) is 12.4 Å². The second-order valence-corrected chi connectivity index (χ2v) is 7.16. The van der Waals surface area contributed by atoms with Gasteiger partial charge in [-0.15, -0.1) is 0 Å². The van der Waals surface area contributed by atoms with Crippen molar-refractivity contribution in [2.24, 2.45) is 0 Å². The highest BCUT2D eigenvalue weighted by molar-refractivity contribution is 5.69. The molecule has 0 N–H and O–H groups in total. The first-order valence-electron chi connectivity index (χ1n) is 10.2. The molecule has 0 aromatic heterocycles. The molecule has 1 radical (unpaired) electrons. The van der Waals surface area contributed by atoms with Gasteiger partial charge in [-0.2, -0.15) is 0 Å². The van der Waals surface area contributed by atoms with Crippen molar-refractivity contribution in [3.63, 3.8) is 0 Å². The average Bonchev–Trinajstić information content (AvgIpc) is 2.81. The number of hydrogen-bond donors (Lipinski definition) is 0. The van der Waals surface area contributed by atoms with Gasteiger partial charge in [-0.3, -0.25) is 4.79 Å². The highest BCUT2D eigenvalue weighted by Gasteiger charge is 2.18. The Morgan fingerprint density at radius 2 is 1.10 bits per heavy atom. The Bertz CT molecular complexity index is 1100. The predicted octanol–water partition coefficient (Wildman–Crippen LogP) is 6.21. The van der Waals surface area contributed by atoms with Gasteiger partial charge in [0.15, 0.2) is 0 Å². The van der Waals surface area contributed by atoms with Crippen molar-refractivity contribution in [2.45, 2.75) is 13.5 Å². The van der Waals surface area contributed by atoms with Crippen molar-refractivity contribution >= 4 is 5.97 Å². The van der Waals surface area contributed by atoms with Gasteiger partial charge in [0, 0.05) is 6.92 Å². The lowest BCUT2D eigenvalue weighted by molar-refractivity contribution is -0.131. The third-order valence-electron chi connectivity index (χ3n) is 4.86. The van der Waals surface area contributed by atoms with Crippen molar-refractivity contribution in [1.82, 2.24) is 0 Å². The zero-order valence-electron chi connectivity index (χ0n) is 17.3. The van der Waals surface area contributed by atoms with Gasteiger partial charge in [0.05, 0.1) is 5.92 Å². The molecule has 0 spiro atoms. The maximum absolute atomic E-state index is 11.2. The summed E-state index contributed by atoms with van der Waals surface area (Å²) in [6.07, 6.45) is 0. The molecule has 0 bridgehead atoms. The van der Waals surface area contributed by atoms with Crippen LogP contribution in [0, 0.1) is 5.92 Å². The molecule has 153 valence electrons. The fourth-order valence-electron chi connectivity index (χ4n) is 3.42. The second kappa shape index (κ2) is 9.77. The van der Waals surface area contributed by atoms with Crippen LogP contribution in [0.1, 0.15) is 29.2 Å². The van der Waals surface area contributed by atoms with Crippen LogP contribution in [0.15, 0.2) is 109 Å². The Balaban J connectivity index is 1.58. The molecule has 0 aliphatic carbocycles. The summed E-state index contributed by atoms with van der Waals surface area (Å²) in [6.45, 7) is 1.93. The molecule has 0 aliphatic heterocycles. The molecule has 4 aromatic carbocycles. The molecule has 0 fully saturated rings.